The fraction of sp³-hybridized carbons (Fsp3) is 0.545. The molecule has 0 N–H and O–H groups in total. The van der Waals surface area contributed by atoms with Gasteiger partial charge in [-0.2, -0.15) is 5.10 Å². The highest BCUT2D eigenvalue weighted by Gasteiger charge is 2.16. The van der Waals surface area contributed by atoms with Crippen LogP contribution in [0.1, 0.15) is 19.3 Å². The van der Waals surface area contributed by atoms with Gasteiger partial charge in [-0.25, -0.2) is 9.97 Å². The molecule has 1 aliphatic rings. The van der Waals surface area contributed by atoms with Crippen LogP contribution in [-0.2, 0) is 7.05 Å². The summed E-state index contributed by atoms with van der Waals surface area (Å²) in [7, 11) is 1.92. The number of hydrogen-bond donors (Lipinski definition) is 0. The molecule has 0 unspecified atom stereocenters. The molecule has 3 rings (SSSR count). The summed E-state index contributed by atoms with van der Waals surface area (Å²) in [6.45, 7) is 2.20. The third-order valence-electron chi connectivity index (χ3n) is 3.07. The van der Waals surface area contributed by atoms with Crippen molar-refractivity contribution in [3.63, 3.8) is 0 Å². The third kappa shape index (κ3) is 1.52. The van der Waals surface area contributed by atoms with Gasteiger partial charge >= 0.3 is 0 Å². The minimum Gasteiger partial charge on any atom is -0.356 e. The molecule has 1 fully saturated rings. The van der Waals surface area contributed by atoms with E-state index in [1.165, 1.54) is 19.3 Å². The Morgan fingerprint density at radius 2 is 1.94 bits per heavy atom. The van der Waals surface area contributed by atoms with Gasteiger partial charge < -0.3 is 4.90 Å². The minimum atomic E-state index is 0.790. The first-order valence-corrected chi connectivity index (χ1v) is 5.74. The quantitative estimate of drug-likeness (QED) is 0.723. The van der Waals surface area contributed by atoms with Gasteiger partial charge in [0.1, 0.15) is 12.1 Å². The van der Waals surface area contributed by atoms with E-state index in [9.17, 15) is 0 Å². The van der Waals surface area contributed by atoms with Gasteiger partial charge in [-0.3, -0.25) is 4.68 Å². The lowest BCUT2D eigenvalue weighted by Crippen LogP contribution is -2.30. The second-order valence-corrected chi connectivity index (χ2v) is 4.29. The summed E-state index contributed by atoms with van der Waals surface area (Å²) in [6.07, 6.45) is 7.45. The Labute approximate surface area is 94.1 Å². The summed E-state index contributed by atoms with van der Waals surface area (Å²) in [5.74, 6) is 1.04. The number of aryl methyl sites for hydroxylation is 1. The maximum absolute atomic E-state index is 4.41. The second kappa shape index (κ2) is 3.73. The van der Waals surface area contributed by atoms with Gasteiger partial charge in [0.15, 0.2) is 5.65 Å². The first kappa shape index (κ1) is 9.57. The fourth-order valence-electron chi connectivity index (χ4n) is 2.30. The molecule has 2 aromatic heterocycles. The predicted octanol–water partition coefficient (Wildman–Crippen LogP) is 1.35. The van der Waals surface area contributed by atoms with Crippen molar-refractivity contribution >= 4 is 16.9 Å². The maximum Gasteiger partial charge on any atom is 0.186 e. The maximum atomic E-state index is 4.41. The van der Waals surface area contributed by atoms with Gasteiger partial charge in [0.05, 0.1) is 5.39 Å². The van der Waals surface area contributed by atoms with E-state index in [-0.39, 0.29) is 0 Å². The van der Waals surface area contributed by atoms with Gasteiger partial charge in [-0.1, -0.05) is 0 Å². The van der Waals surface area contributed by atoms with Crippen molar-refractivity contribution in [2.45, 2.75) is 19.3 Å². The summed E-state index contributed by atoms with van der Waals surface area (Å²) in [5.41, 5.74) is 0.790. The summed E-state index contributed by atoms with van der Waals surface area (Å²) < 4.78 is 1.80. The molecule has 0 bridgehead atoms. The molecule has 0 atom stereocenters. The van der Waals surface area contributed by atoms with E-state index in [1.807, 2.05) is 13.2 Å². The molecule has 84 valence electrons. The third-order valence-corrected chi connectivity index (χ3v) is 3.07. The molecule has 0 spiro atoms. The van der Waals surface area contributed by atoms with Gasteiger partial charge in [0.2, 0.25) is 0 Å². The van der Waals surface area contributed by atoms with Crippen LogP contribution in [0.5, 0.6) is 0 Å². The van der Waals surface area contributed by atoms with Gasteiger partial charge in [0.25, 0.3) is 0 Å². The first-order chi connectivity index (χ1) is 7.84. The molecular weight excluding hydrogens is 202 g/mol. The summed E-state index contributed by atoms with van der Waals surface area (Å²) >= 11 is 0. The Balaban J connectivity index is 2.07. The lowest BCUT2D eigenvalue weighted by molar-refractivity contribution is 0.574. The van der Waals surface area contributed by atoms with Crippen LogP contribution < -0.4 is 4.90 Å². The summed E-state index contributed by atoms with van der Waals surface area (Å²) in [4.78, 5) is 10.9. The van der Waals surface area contributed by atoms with Crippen LogP contribution in [0.4, 0.5) is 5.82 Å². The van der Waals surface area contributed by atoms with Crippen LogP contribution in [0.3, 0.4) is 0 Å². The van der Waals surface area contributed by atoms with E-state index in [0.717, 1.165) is 29.9 Å². The molecule has 5 heteroatoms. The molecular formula is C11H15N5. The number of anilines is 1. The normalized spacial score (nSPS) is 16.9. The molecule has 0 amide bonds. The van der Waals surface area contributed by atoms with Gasteiger partial charge in [0, 0.05) is 26.3 Å². The number of fused-ring (bicyclic) bond motifs is 1. The van der Waals surface area contributed by atoms with Crippen LogP contribution in [0.25, 0.3) is 11.0 Å². The van der Waals surface area contributed by atoms with Crippen molar-refractivity contribution < 1.29 is 0 Å². The van der Waals surface area contributed by atoms with E-state index in [2.05, 4.69) is 20.0 Å². The lowest BCUT2D eigenvalue weighted by atomic mass is 10.1. The molecule has 3 heterocycles. The van der Waals surface area contributed by atoms with Crippen molar-refractivity contribution in [1.82, 2.24) is 19.7 Å². The topological polar surface area (TPSA) is 46.8 Å². The minimum absolute atomic E-state index is 0.790. The van der Waals surface area contributed by atoms with Crippen molar-refractivity contribution in [2.24, 2.45) is 7.05 Å². The van der Waals surface area contributed by atoms with E-state index >= 15 is 0 Å². The number of hydrogen-bond acceptors (Lipinski definition) is 4. The van der Waals surface area contributed by atoms with Crippen molar-refractivity contribution in [3.05, 3.63) is 12.5 Å². The average molecular weight is 217 g/mol. The summed E-state index contributed by atoms with van der Waals surface area (Å²) in [5, 5.41) is 5.37. The zero-order chi connectivity index (χ0) is 11.0. The lowest BCUT2D eigenvalue weighted by Gasteiger charge is -2.27. The highest BCUT2D eigenvalue weighted by Crippen LogP contribution is 2.24. The number of nitrogens with zero attached hydrogens (tertiary/aromatic N) is 5. The van der Waals surface area contributed by atoms with E-state index in [4.69, 9.17) is 0 Å². The Morgan fingerprint density at radius 3 is 2.75 bits per heavy atom. The van der Waals surface area contributed by atoms with Crippen LogP contribution in [0.2, 0.25) is 0 Å². The van der Waals surface area contributed by atoms with Crippen LogP contribution in [-0.4, -0.2) is 32.8 Å². The molecule has 5 nitrogen and oxygen atoms in total. The largest absolute Gasteiger partial charge is 0.356 e. The van der Waals surface area contributed by atoms with Crippen LogP contribution >= 0.6 is 0 Å². The zero-order valence-corrected chi connectivity index (χ0v) is 9.43. The number of aromatic nitrogens is 4. The molecule has 0 aliphatic carbocycles. The molecule has 16 heavy (non-hydrogen) atoms. The molecule has 1 saturated heterocycles. The Hall–Kier alpha value is -1.65. The molecule has 0 aromatic carbocycles. The molecule has 1 aliphatic heterocycles. The van der Waals surface area contributed by atoms with Crippen molar-refractivity contribution in [3.8, 4) is 0 Å². The second-order valence-electron chi connectivity index (χ2n) is 4.29. The van der Waals surface area contributed by atoms with E-state index in [0.29, 0.717) is 0 Å². The zero-order valence-electron chi connectivity index (χ0n) is 9.43. The van der Waals surface area contributed by atoms with E-state index in [1.54, 1.807) is 11.0 Å². The van der Waals surface area contributed by atoms with Crippen LogP contribution in [0.15, 0.2) is 12.5 Å². The highest BCUT2D eigenvalue weighted by atomic mass is 15.3. The van der Waals surface area contributed by atoms with Crippen LogP contribution in [0, 0.1) is 0 Å². The molecule has 0 radical (unpaired) electrons. The van der Waals surface area contributed by atoms with E-state index < -0.39 is 0 Å². The Bertz CT molecular complexity index is 498. The Morgan fingerprint density at radius 1 is 1.12 bits per heavy atom. The summed E-state index contributed by atoms with van der Waals surface area (Å²) in [6, 6.07) is 0. The fourth-order valence-corrected chi connectivity index (χ4v) is 2.30. The van der Waals surface area contributed by atoms with Crippen molar-refractivity contribution in [1.29, 1.82) is 0 Å². The van der Waals surface area contributed by atoms with Crippen molar-refractivity contribution in [2.75, 3.05) is 18.0 Å². The highest BCUT2D eigenvalue weighted by molar-refractivity contribution is 5.86. The van der Waals surface area contributed by atoms with Gasteiger partial charge in [-0.15, -0.1) is 0 Å². The molecule has 0 saturated carbocycles. The average Bonchev–Trinajstić information content (AvgIpc) is 2.70. The first-order valence-electron chi connectivity index (χ1n) is 5.74. The Kier molecular flexibility index (Phi) is 2.23. The SMILES string of the molecule is Cn1cc2c(N3CCCCC3)ncnc2n1. The monoisotopic (exact) mass is 217 g/mol. The number of rotatable bonds is 1. The smallest absolute Gasteiger partial charge is 0.186 e. The molecule has 2 aromatic rings. The number of piperidine rings is 1. The predicted molar refractivity (Wildman–Crippen MR) is 62.4 cm³/mol. The standard InChI is InChI=1S/C11H15N5/c1-15-7-9-10(14-15)12-8-13-11(9)16-5-3-2-4-6-16/h7-8H,2-6H2,1H3. The van der Waals surface area contributed by atoms with Gasteiger partial charge in [-0.05, 0) is 19.3 Å².